The van der Waals surface area contributed by atoms with Crippen molar-refractivity contribution in [2.45, 2.75) is 12.8 Å². The number of halogens is 1. The molecule has 2 aromatic carbocycles. The summed E-state index contributed by atoms with van der Waals surface area (Å²) in [7, 11) is 0. The second-order valence-electron chi connectivity index (χ2n) is 4.69. The third-order valence-electron chi connectivity index (χ3n) is 3.13. The molecule has 0 heterocycles. The molecule has 0 aromatic heterocycles. The Morgan fingerprint density at radius 2 is 1.95 bits per heavy atom. The Balaban J connectivity index is 1.99. The van der Waals surface area contributed by atoms with Crippen LogP contribution in [0.25, 0.3) is 0 Å². The minimum atomic E-state index is -0.727. The molecule has 0 radical (unpaired) electrons. The molecular weight excluding hydrogens is 257 g/mol. The Labute approximate surface area is 117 Å². The Morgan fingerprint density at radius 1 is 1.25 bits per heavy atom. The highest BCUT2D eigenvalue weighted by atomic mass is 19.1. The van der Waals surface area contributed by atoms with Gasteiger partial charge in [0, 0.05) is 12.6 Å². The number of carbonyl (C=O) groups is 1. The number of hydrogen-bond acceptors (Lipinski definition) is 2. The van der Waals surface area contributed by atoms with E-state index in [9.17, 15) is 9.18 Å². The van der Waals surface area contributed by atoms with Crippen LogP contribution in [0.3, 0.4) is 0 Å². The van der Waals surface area contributed by atoms with E-state index in [2.05, 4.69) is 5.32 Å². The van der Waals surface area contributed by atoms with Crippen LogP contribution in [-0.4, -0.2) is 17.6 Å². The molecule has 0 aliphatic rings. The van der Waals surface area contributed by atoms with E-state index in [1.807, 2.05) is 37.3 Å². The van der Waals surface area contributed by atoms with Crippen molar-refractivity contribution >= 4 is 5.91 Å². The van der Waals surface area contributed by atoms with Crippen LogP contribution in [0.4, 0.5) is 4.39 Å². The summed E-state index contributed by atoms with van der Waals surface area (Å²) < 4.78 is 13.5. The normalized spacial score (nSPS) is 11.9. The standard InChI is InChI=1S/C16H16FNO2/c1-11(12-5-3-2-4-6-12)10-18-16(20)14-8-7-13(19)9-15(14)17/h2-9,11,19H,10H2,1H3,(H,18,20). The van der Waals surface area contributed by atoms with Gasteiger partial charge in [-0.15, -0.1) is 0 Å². The first kappa shape index (κ1) is 14.1. The molecule has 104 valence electrons. The zero-order valence-electron chi connectivity index (χ0n) is 11.1. The van der Waals surface area contributed by atoms with E-state index in [4.69, 9.17) is 5.11 Å². The van der Waals surface area contributed by atoms with E-state index in [0.717, 1.165) is 11.6 Å². The number of amides is 1. The van der Waals surface area contributed by atoms with Crippen molar-refractivity contribution in [2.24, 2.45) is 0 Å². The lowest BCUT2D eigenvalue weighted by atomic mass is 10.0. The molecule has 0 aliphatic heterocycles. The molecule has 3 nitrogen and oxygen atoms in total. The van der Waals surface area contributed by atoms with Crippen molar-refractivity contribution in [1.29, 1.82) is 0 Å². The van der Waals surface area contributed by atoms with E-state index in [1.54, 1.807) is 0 Å². The molecule has 4 heteroatoms. The van der Waals surface area contributed by atoms with Gasteiger partial charge in [0.05, 0.1) is 5.56 Å². The summed E-state index contributed by atoms with van der Waals surface area (Å²) in [6.45, 7) is 2.41. The molecule has 2 aromatic rings. The molecule has 0 saturated heterocycles. The van der Waals surface area contributed by atoms with Gasteiger partial charge in [-0.2, -0.15) is 0 Å². The van der Waals surface area contributed by atoms with Gasteiger partial charge in [0.2, 0.25) is 0 Å². The second-order valence-corrected chi connectivity index (χ2v) is 4.69. The van der Waals surface area contributed by atoms with Crippen LogP contribution in [0, 0.1) is 5.82 Å². The van der Waals surface area contributed by atoms with Crippen LogP contribution < -0.4 is 5.32 Å². The van der Waals surface area contributed by atoms with Gasteiger partial charge in [0.15, 0.2) is 0 Å². The van der Waals surface area contributed by atoms with Gasteiger partial charge in [0.25, 0.3) is 5.91 Å². The van der Waals surface area contributed by atoms with E-state index in [-0.39, 0.29) is 17.2 Å². The lowest BCUT2D eigenvalue weighted by Gasteiger charge is -2.13. The van der Waals surface area contributed by atoms with Crippen molar-refractivity contribution < 1.29 is 14.3 Å². The first-order chi connectivity index (χ1) is 9.58. The minimum Gasteiger partial charge on any atom is -0.508 e. The maximum Gasteiger partial charge on any atom is 0.254 e. The summed E-state index contributed by atoms with van der Waals surface area (Å²) >= 11 is 0. The minimum absolute atomic E-state index is 0.0666. The molecule has 1 atom stereocenters. The highest BCUT2D eigenvalue weighted by molar-refractivity contribution is 5.94. The van der Waals surface area contributed by atoms with E-state index in [1.165, 1.54) is 12.1 Å². The summed E-state index contributed by atoms with van der Waals surface area (Å²) in [6, 6.07) is 13.3. The van der Waals surface area contributed by atoms with Crippen LogP contribution in [-0.2, 0) is 0 Å². The fourth-order valence-electron chi connectivity index (χ4n) is 1.93. The van der Waals surface area contributed by atoms with Crippen molar-refractivity contribution in [3.05, 3.63) is 65.5 Å². The van der Waals surface area contributed by atoms with Crippen LogP contribution in [0.15, 0.2) is 48.5 Å². The highest BCUT2D eigenvalue weighted by Crippen LogP contribution is 2.16. The average molecular weight is 273 g/mol. The van der Waals surface area contributed by atoms with Crippen LogP contribution in [0.1, 0.15) is 28.8 Å². The van der Waals surface area contributed by atoms with Gasteiger partial charge in [-0.1, -0.05) is 37.3 Å². The number of aromatic hydroxyl groups is 1. The summed E-state index contributed by atoms with van der Waals surface area (Å²) in [6.07, 6.45) is 0. The smallest absolute Gasteiger partial charge is 0.254 e. The summed E-state index contributed by atoms with van der Waals surface area (Å²) in [4.78, 5) is 11.9. The number of phenolic OH excluding ortho intramolecular Hbond substituents is 1. The molecule has 0 fully saturated rings. The summed E-state index contributed by atoms with van der Waals surface area (Å²) in [5.41, 5.74) is 1.04. The van der Waals surface area contributed by atoms with Gasteiger partial charge < -0.3 is 10.4 Å². The lowest BCUT2D eigenvalue weighted by molar-refractivity contribution is 0.0947. The fraction of sp³-hybridized carbons (Fsp3) is 0.188. The quantitative estimate of drug-likeness (QED) is 0.899. The van der Waals surface area contributed by atoms with Gasteiger partial charge in [-0.3, -0.25) is 4.79 Å². The molecule has 2 rings (SSSR count). The van der Waals surface area contributed by atoms with E-state index >= 15 is 0 Å². The Morgan fingerprint density at radius 3 is 2.60 bits per heavy atom. The van der Waals surface area contributed by atoms with Gasteiger partial charge in [0.1, 0.15) is 11.6 Å². The number of phenols is 1. The zero-order chi connectivity index (χ0) is 14.5. The highest BCUT2D eigenvalue weighted by Gasteiger charge is 2.13. The molecule has 0 aliphatic carbocycles. The van der Waals surface area contributed by atoms with E-state index < -0.39 is 11.7 Å². The maximum absolute atomic E-state index is 13.5. The third kappa shape index (κ3) is 3.35. The first-order valence-corrected chi connectivity index (χ1v) is 6.39. The molecule has 0 bridgehead atoms. The van der Waals surface area contributed by atoms with Crippen molar-refractivity contribution in [3.8, 4) is 5.75 Å². The topological polar surface area (TPSA) is 49.3 Å². The molecule has 1 unspecified atom stereocenters. The number of hydrogen-bond donors (Lipinski definition) is 2. The Hall–Kier alpha value is -2.36. The van der Waals surface area contributed by atoms with E-state index in [0.29, 0.717) is 6.54 Å². The molecule has 0 spiro atoms. The summed E-state index contributed by atoms with van der Waals surface area (Å²) in [5, 5.41) is 11.8. The molecule has 1 amide bonds. The molecule has 20 heavy (non-hydrogen) atoms. The number of carbonyl (C=O) groups excluding carboxylic acids is 1. The summed E-state index contributed by atoms with van der Waals surface area (Å²) in [5.74, 6) is -1.27. The van der Waals surface area contributed by atoms with Crippen LogP contribution in [0.2, 0.25) is 0 Å². The van der Waals surface area contributed by atoms with Crippen LogP contribution >= 0.6 is 0 Å². The predicted octanol–water partition coefficient (Wildman–Crippen LogP) is 3.06. The van der Waals surface area contributed by atoms with Gasteiger partial charge in [-0.05, 0) is 23.6 Å². The lowest BCUT2D eigenvalue weighted by Crippen LogP contribution is -2.28. The molecular formula is C16H16FNO2. The molecule has 0 saturated carbocycles. The van der Waals surface area contributed by atoms with Crippen molar-refractivity contribution in [3.63, 3.8) is 0 Å². The van der Waals surface area contributed by atoms with Gasteiger partial charge >= 0.3 is 0 Å². The fourth-order valence-corrected chi connectivity index (χ4v) is 1.93. The first-order valence-electron chi connectivity index (χ1n) is 6.39. The number of rotatable bonds is 4. The monoisotopic (exact) mass is 273 g/mol. The Kier molecular flexibility index (Phi) is 4.35. The van der Waals surface area contributed by atoms with Crippen molar-refractivity contribution in [2.75, 3.05) is 6.54 Å². The number of benzene rings is 2. The van der Waals surface area contributed by atoms with Crippen LogP contribution in [0.5, 0.6) is 5.75 Å². The zero-order valence-corrected chi connectivity index (χ0v) is 11.1. The molecule has 2 N–H and O–H groups in total. The van der Waals surface area contributed by atoms with Crippen molar-refractivity contribution in [1.82, 2.24) is 5.32 Å². The van der Waals surface area contributed by atoms with Gasteiger partial charge in [-0.25, -0.2) is 4.39 Å². The SMILES string of the molecule is CC(CNC(=O)c1ccc(O)cc1F)c1ccccc1. The second kappa shape index (κ2) is 6.19. The predicted molar refractivity (Wildman–Crippen MR) is 75.3 cm³/mol. The largest absolute Gasteiger partial charge is 0.508 e. The Bertz CT molecular complexity index is 599. The maximum atomic E-state index is 13.5. The number of nitrogens with one attached hydrogen (secondary N) is 1. The average Bonchev–Trinajstić information content (AvgIpc) is 2.45. The third-order valence-corrected chi connectivity index (χ3v) is 3.13.